The van der Waals surface area contributed by atoms with Crippen LogP contribution in [0.25, 0.3) is 17.1 Å². The van der Waals surface area contributed by atoms with Crippen molar-refractivity contribution < 1.29 is 0 Å². The van der Waals surface area contributed by atoms with Crippen molar-refractivity contribution in [1.82, 2.24) is 14.9 Å². The van der Waals surface area contributed by atoms with Crippen molar-refractivity contribution in [1.29, 1.82) is 0 Å². The fraction of sp³-hybridized carbons (Fsp3) is 0.500. The molecule has 25 heavy (non-hydrogen) atoms. The van der Waals surface area contributed by atoms with Crippen LogP contribution in [0.1, 0.15) is 51.5 Å². The number of fused-ring (bicyclic) bond motifs is 2. The number of hydrogen-bond donors (Lipinski definition) is 1. The van der Waals surface area contributed by atoms with Gasteiger partial charge in [0.15, 0.2) is 0 Å². The lowest BCUT2D eigenvalue weighted by Crippen LogP contribution is -2.28. The van der Waals surface area contributed by atoms with Gasteiger partial charge >= 0.3 is 0 Å². The van der Waals surface area contributed by atoms with E-state index in [1.54, 1.807) is 0 Å². The molecule has 1 aliphatic rings. The molecule has 1 aromatic heterocycles. The number of aromatic nitrogens is 2. The smallest absolute Gasteiger partial charge is 0.0915 e. The van der Waals surface area contributed by atoms with Crippen LogP contribution in [0.4, 0.5) is 5.69 Å². The molecule has 5 nitrogen and oxygen atoms in total. The summed E-state index contributed by atoms with van der Waals surface area (Å²) in [4.78, 5) is 14.4. The lowest BCUT2D eigenvalue weighted by Gasteiger charge is -2.30. The topological polar surface area (TPSA) is 58.3 Å². The van der Waals surface area contributed by atoms with E-state index in [0.29, 0.717) is 0 Å². The van der Waals surface area contributed by atoms with Crippen molar-refractivity contribution >= 4 is 22.8 Å². The molecular formula is C20H29N5. The van der Waals surface area contributed by atoms with E-state index in [1.165, 1.54) is 11.4 Å². The highest BCUT2D eigenvalue weighted by Gasteiger charge is 2.23. The van der Waals surface area contributed by atoms with Crippen LogP contribution in [0.5, 0.6) is 0 Å². The molecule has 2 N–H and O–H groups in total. The van der Waals surface area contributed by atoms with Gasteiger partial charge in [0.25, 0.3) is 0 Å². The van der Waals surface area contributed by atoms with Gasteiger partial charge in [0.05, 0.1) is 28.5 Å². The molecule has 5 heteroatoms. The molecule has 0 spiro atoms. The molecule has 2 aromatic rings. The highest BCUT2D eigenvalue weighted by Crippen LogP contribution is 2.31. The zero-order valence-corrected chi connectivity index (χ0v) is 15.8. The van der Waals surface area contributed by atoms with Crippen molar-refractivity contribution in [2.24, 2.45) is 5.73 Å². The Hall–Kier alpha value is -2.14. The normalized spacial score (nSPS) is 16.5. The molecule has 1 aliphatic carbocycles. The minimum absolute atomic E-state index is 0.0880. The fourth-order valence-electron chi connectivity index (χ4n) is 3.62. The lowest BCUT2D eigenvalue weighted by molar-refractivity contribution is 0.360. The van der Waals surface area contributed by atoms with Gasteiger partial charge in [-0.2, -0.15) is 0 Å². The molecule has 1 heterocycles. The van der Waals surface area contributed by atoms with Gasteiger partial charge in [-0.3, -0.25) is 0 Å². The lowest BCUT2D eigenvalue weighted by atomic mass is 9.98. The Morgan fingerprint density at radius 1 is 0.960 bits per heavy atom. The number of anilines is 1. The molecule has 1 atom stereocenters. The second-order valence-electron chi connectivity index (χ2n) is 6.46. The van der Waals surface area contributed by atoms with Gasteiger partial charge in [-0.05, 0) is 52.0 Å². The Labute approximate surface area is 150 Å². The molecule has 1 unspecified atom stereocenters. The number of nitrogens with zero attached hydrogens (tertiary/aromatic N) is 4. The number of nitrogens with two attached hydrogens (primary N) is 1. The van der Waals surface area contributed by atoms with Crippen LogP contribution in [0.2, 0.25) is 0 Å². The Kier molecular flexibility index (Phi) is 5.23. The summed E-state index contributed by atoms with van der Waals surface area (Å²) < 4.78 is 0. The molecule has 0 saturated carbocycles. The van der Waals surface area contributed by atoms with E-state index in [2.05, 4.69) is 61.8 Å². The number of hydrogen-bond acceptors (Lipinski definition) is 5. The first-order chi connectivity index (χ1) is 12.1. The van der Waals surface area contributed by atoms with E-state index in [4.69, 9.17) is 15.7 Å². The third-order valence-electron chi connectivity index (χ3n) is 5.09. The zero-order valence-electron chi connectivity index (χ0n) is 15.8. The average molecular weight is 339 g/mol. The van der Waals surface area contributed by atoms with Crippen molar-refractivity contribution in [2.75, 3.05) is 31.1 Å². The molecule has 0 saturated heterocycles. The van der Waals surface area contributed by atoms with E-state index in [1.807, 2.05) is 0 Å². The summed E-state index contributed by atoms with van der Waals surface area (Å²) in [5.41, 5.74) is 12.6. The van der Waals surface area contributed by atoms with Crippen molar-refractivity contribution in [3.8, 4) is 0 Å². The monoisotopic (exact) mass is 339 g/mol. The second kappa shape index (κ2) is 7.40. The molecule has 0 bridgehead atoms. The van der Waals surface area contributed by atoms with Crippen LogP contribution in [-0.4, -0.2) is 41.0 Å². The van der Waals surface area contributed by atoms with E-state index in [-0.39, 0.29) is 6.04 Å². The van der Waals surface area contributed by atoms with Gasteiger partial charge in [-0.15, -0.1) is 0 Å². The van der Waals surface area contributed by atoms with E-state index < -0.39 is 0 Å². The molecule has 134 valence electrons. The van der Waals surface area contributed by atoms with Gasteiger partial charge in [0, 0.05) is 44.0 Å². The van der Waals surface area contributed by atoms with Crippen LogP contribution >= 0.6 is 0 Å². The summed E-state index contributed by atoms with van der Waals surface area (Å²) in [5, 5.41) is 0. The van der Waals surface area contributed by atoms with Gasteiger partial charge in [-0.25, -0.2) is 9.97 Å². The minimum atomic E-state index is -0.0880. The van der Waals surface area contributed by atoms with Crippen LogP contribution < -0.4 is 10.6 Å². The first-order valence-electron chi connectivity index (χ1n) is 9.38. The summed E-state index contributed by atoms with van der Waals surface area (Å²) in [6, 6.07) is 6.24. The third kappa shape index (κ3) is 3.33. The van der Waals surface area contributed by atoms with Crippen molar-refractivity contribution in [3.63, 3.8) is 0 Å². The molecular weight excluding hydrogens is 310 g/mol. The predicted octanol–water partition coefficient (Wildman–Crippen LogP) is 3.56. The third-order valence-corrected chi connectivity index (χ3v) is 5.09. The van der Waals surface area contributed by atoms with Crippen LogP contribution in [-0.2, 0) is 0 Å². The Bertz CT molecular complexity index is 775. The van der Waals surface area contributed by atoms with Gasteiger partial charge in [-0.1, -0.05) is 0 Å². The summed E-state index contributed by atoms with van der Waals surface area (Å²) in [6.07, 6.45) is 2.99. The Morgan fingerprint density at radius 2 is 1.64 bits per heavy atom. The maximum atomic E-state index is 6.42. The zero-order chi connectivity index (χ0) is 18.0. The standard InChI is InChI=1S/C20H29N5/c1-5-24(6-2)14-9-10-17-18(12-14)22-19-13-15(25(7-3)8-4)11-16(21)20(19)23-17/h9-10,12-13,16H,5-8,11,21H2,1-4H3. The first-order valence-corrected chi connectivity index (χ1v) is 9.38. The summed E-state index contributed by atoms with van der Waals surface area (Å²) in [5.74, 6) is 0. The number of rotatable bonds is 6. The Balaban J connectivity index is 2.08. The maximum absolute atomic E-state index is 6.42. The molecule has 0 amide bonds. The van der Waals surface area contributed by atoms with Gasteiger partial charge in [0.2, 0.25) is 0 Å². The molecule has 3 rings (SSSR count). The van der Waals surface area contributed by atoms with Gasteiger partial charge in [0.1, 0.15) is 0 Å². The van der Waals surface area contributed by atoms with Crippen molar-refractivity contribution in [2.45, 2.75) is 40.2 Å². The minimum Gasteiger partial charge on any atom is -0.375 e. The summed E-state index contributed by atoms with van der Waals surface area (Å²) in [7, 11) is 0. The van der Waals surface area contributed by atoms with E-state index in [0.717, 1.165) is 55.0 Å². The highest BCUT2D eigenvalue weighted by atomic mass is 15.1. The average Bonchev–Trinajstić information content (AvgIpc) is 2.62. The molecule has 0 radical (unpaired) electrons. The highest BCUT2D eigenvalue weighted by molar-refractivity contribution is 5.80. The van der Waals surface area contributed by atoms with Crippen molar-refractivity contribution in [3.05, 3.63) is 35.3 Å². The SMILES string of the molecule is CCN(CC)C1=Cc2nc3cc(N(CC)CC)ccc3nc2C(N)C1. The van der Waals surface area contributed by atoms with Gasteiger partial charge < -0.3 is 15.5 Å². The van der Waals surface area contributed by atoms with E-state index in [9.17, 15) is 0 Å². The quantitative estimate of drug-likeness (QED) is 0.872. The van der Waals surface area contributed by atoms with Crippen LogP contribution in [0.3, 0.4) is 0 Å². The molecule has 1 aromatic carbocycles. The molecule has 0 aliphatic heterocycles. The largest absolute Gasteiger partial charge is 0.375 e. The molecule has 0 fully saturated rings. The van der Waals surface area contributed by atoms with Crippen LogP contribution in [0, 0.1) is 0 Å². The number of benzene rings is 1. The van der Waals surface area contributed by atoms with E-state index >= 15 is 0 Å². The predicted molar refractivity (Wildman–Crippen MR) is 106 cm³/mol. The Morgan fingerprint density at radius 3 is 2.28 bits per heavy atom. The summed E-state index contributed by atoms with van der Waals surface area (Å²) in [6.45, 7) is 12.6. The summed E-state index contributed by atoms with van der Waals surface area (Å²) >= 11 is 0. The van der Waals surface area contributed by atoms with Crippen LogP contribution in [0.15, 0.2) is 23.9 Å². The first kappa shape index (κ1) is 17.7. The maximum Gasteiger partial charge on any atom is 0.0915 e. The fourth-order valence-corrected chi connectivity index (χ4v) is 3.62. The second-order valence-corrected chi connectivity index (χ2v) is 6.46.